The molecule has 6 heteroatoms. The van der Waals surface area contributed by atoms with Crippen LogP contribution in [0.4, 0.5) is 8.78 Å². The molecule has 136 valence electrons. The molecule has 2 heterocycles. The van der Waals surface area contributed by atoms with Gasteiger partial charge in [-0.3, -0.25) is 4.79 Å². The summed E-state index contributed by atoms with van der Waals surface area (Å²) in [5.41, 5.74) is 2.02. The van der Waals surface area contributed by atoms with E-state index < -0.39 is 17.4 Å². The van der Waals surface area contributed by atoms with Crippen LogP contribution in [-0.2, 0) is 16.1 Å². The Balaban J connectivity index is 1.56. The summed E-state index contributed by atoms with van der Waals surface area (Å²) in [5.74, 6) is -1.15. The Labute approximate surface area is 150 Å². The number of hydrogen-bond donors (Lipinski definition) is 0. The highest BCUT2D eigenvalue weighted by atomic mass is 19.1. The van der Waals surface area contributed by atoms with Crippen LogP contribution in [0.3, 0.4) is 0 Å². The molecule has 2 aliphatic heterocycles. The average Bonchev–Trinajstić information content (AvgIpc) is 2.61. The fraction of sp³-hybridized carbons (Fsp3) is 0.350. The van der Waals surface area contributed by atoms with Crippen molar-refractivity contribution in [2.24, 2.45) is 0 Å². The average molecular weight is 359 g/mol. The molecule has 26 heavy (non-hydrogen) atoms. The maximum absolute atomic E-state index is 13.5. The largest absolute Gasteiger partial charge is 0.462 e. The van der Waals surface area contributed by atoms with Crippen molar-refractivity contribution in [3.63, 3.8) is 0 Å². The molecule has 2 aromatic carbocycles. The summed E-state index contributed by atoms with van der Waals surface area (Å²) in [5, 5.41) is 0. The normalized spacial score (nSPS) is 18.3. The van der Waals surface area contributed by atoms with Gasteiger partial charge in [0.1, 0.15) is 17.4 Å². The zero-order chi connectivity index (χ0) is 18.3. The van der Waals surface area contributed by atoms with E-state index >= 15 is 0 Å². The zero-order valence-corrected chi connectivity index (χ0v) is 14.4. The minimum Gasteiger partial charge on any atom is -0.462 e. The Hall–Kier alpha value is -2.47. The van der Waals surface area contributed by atoms with Gasteiger partial charge >= 0.3 is 0 Å². The number of carbonyl (C=O) groups is 1. The van der Waals surface area contributed by atoms with Gasteiger partial charge in [-0.15, -0.1) is 0 Å². The lowest BCUT2D eigenvalue weighted by molar-refractivity contribution is -0.227. The predicted molar refractivity (Wildman–Crippen MR) is 91.4 cm³/mol. The molecule has 0 aliphatic carbocycles. The van der Waals surface area contributed by atoms with Crippen LogP contribution in [0.2, 0.25) is 0 Å². The first-order valence-corrected chi connectivity index (χ1v) is 8.62. The maximum Gasteiger partial charge on any atom is 0.219 e. The van der Waals surface area contributed by atoms with E-state index in [1.54, 1.807) is 17.9 Å². The SMILES string of the molecule is CC(=O)N1CCC2(CC1)OCc1cc(-c3cc(F)cc(F)c3)ccc1O2. The standard InChI is InChI=1S/C20H19F2NO3/c1-13(24)23-6-4-20(5-7-23)25-12-16-8-14(2-3-19(16)26-20)15-9-17(21)11-18(22)10-15/h2-3,8-11H,4-7,12H2,1H3. The number of nitrogens with zero attached hydrogens (tertiary/aromatic N) is 1. The molecule has 1 fully saturated rings. The van der Waals surface area contributed by atoms with E-state index in [0.29, 0.717) is 49.4 Å². The van der Waals surface area contributed by atoms with Gasteiger partial charge in [0.15, 0.2) is 0 Å². The molecule has 0 N–H and O–H groups in total. The van der Waals surface area contributed by atoms with Crippen molar-refractivity contribution < 1.29 is 23.0 Å². The number of benzene rings is 2. The van der Waals surface area contributed by atoms with Crippen LogP contribution >= 0.6 is 0 Å². The van der Waals surface area contributed by atoms with Gasteiger partial charge in [0.2, 0.25) is 11.7 Å². The van der Waals surface area contributed by atoms with E-state index in [9.17, 15) is 13.6 Å². The van der Waals surface area contributed by atoms with Crippen LogP contribution in [0.5, 0.6) is 5.75 Å². The van der Waals surface area contributed by atoms with Crippen LogP contribution in [0.25, 0.3) is 11.1 Å². The molecular formula is C20H19F2NO3. The van der Waals surface area contributed by atoms with Crippen molar-refractivity contribution in [3.8, 4) is 16.9 Å². The molecule has 1 amide bonds. The first-order chi connectivity index (χ1) is 12.4. The second kappa shape index (κ2) is 6.36. The summed E-state index contributed by atoms with van der Waals surface area (Å²) >= 11 is 0. The Morgan fingerprint density at radius 2 is 1.73 bits per heavy atom. The highest BCUT2D eigenvalue weighted by Crippen LogP contribution is 2.39. The summed E-state index contributed by atoms with van der Waals surface area (Å²) in [6, 6.07) is 8.89. The molecule has 0 aromatic heterocycles. The molecule has 0 atom stereocenters. The third-order valence-electron chi connectivity index (χ3n) is 5.01. The molecule has 4 nitrogen and oxygen atoms in total. The monoisotopic (exact) mass is 359 g/mol. The van der Waals surface area contributed by atoms with E-state index in [1.807, 2.05) is 12.1 Å². The summed E-state index contributed by atoms with van der Waals surface area (Å²) in [6.07, 6.45) is 1.23. The molecule has 2 aliphatic rings. The zero-order valence-electron chi connectivity index (χ0n) is 14.4. The highest BCUT2D eigenvalue weighted by molar-refractivity contribution is 5.73. The predicted octanol–water partition coefficient (Wildman–Crippen LogP) is 3.88. The molecule has 0 saturated carbocycles. The molecular weight excluding hydrogens is 340 g/mol. The van der Waals surface area contributed by atoms with Crippen molar-refractivity contribution >= 4 is 5.91 Å². The second-order valence-corrected chi connectivity index (χ2v) is 6.79. The Morgan fingerprint density at radius 3 is 2.38 bits per heavy atom. The van der Waals surface area contributed by atoms with Crippen molar-refractivity contribution in [2.45, 2.75) is 32.2 Å². The minimum atomic E-state index is -0.703. The van der Waals surface area contributed by atoms with E-state index in [2.05, 4.69) is 0 Å². The number of halogens is 2. The first kappa shape index (κ1) is 17.0. The molecule has 4 rings (SSSR count). The number of ether oxygens (including phenoxy) is 2. The van der Waals surface area contributed by atoms with Gasteiger partial charge in [0.25, 0.3) is 0 Å². The molecule has 2 aromatic rings. The molecule has 0 radical (unpaired) electrons. The topological polar surface area (TPSA) is 38.8 Å². The van der Waals surface area contributed by atoms with Gasteiger partial charge in [-0.1, -0.05) is 6.07 Å². The Bertz CT molecular complexity index is 840. The minimum absolute atomic E-state index is 0.0584. The lowest BCUT2D eigenvalue weighted by Crippen LogP contribution is -2.52. The number of fused-ring (bicyclic) bond motifs is 1. The number of hydrogen-bond acceptors (Lipinski definition) is 3. The molecule has 0 bridgehead atoms. The van der Waals surface area contributed by atoms with Crippen molar-refractivity contribution in [3.05, 3.63) is 53.6 Å². The summed E-state index contributed by atoms with van der Waals surface area (Å²) in [4.78, 5) is 13.3. The second-order valence-electron chi connectivity index (χ2n) is 6.79. The lowest BCUT2D eigenvalue weighted by Gasteiger charge is -2.43. The van der Waals surface area contributed by atoms with E-state index in [4.69, 9.17) is 9.47 Å². The van der Waals surface area contributed by atoms with E-state index in [0.717, 1.165) is 11.6 Å². The van der Waals surface area contributed by atoms with Crippen molar-refractivity contribution in [1.29, 1.82) is 0 Å². The van der Waals surface area contributed by atoms with Gasteiger partial charge in [0.05, 0.1) is 6.61 Å². The Kier molecular flexibility index (Phi) is 4.15. The van der Waals surface area contributed by atoms with Crippen LogP contribution in [-0.4, -0.2) is 29.7 Å². The van der Waals surface area contributed by atoms with Crippen LogP contribution in [0, 0.1) is 11.6 Å². The summed E-state index contributed by atoms with van der Waals surface area (Å²) < 4.78 is 39.0. The fourth-order valence-electron chi connectivity index (χ4n) is 3.54. The van der Waals surface area contributed by atoms with E-state index in [1.165, 1.54) is 12.1 Å². The lowest BCUT2D eigenvalue weighted by atomic mass is 9.99. The number of amides is 1. The molecule has 1 spiro atoms. The van der Waals surface area contributed by atoms with Gasteiger partial charge in [-0.25, -0.2) is 8.78 Å². The van der Waals surface area contributed by atoms with Crippen LogP contribution < -0.4 is 4.74 Å². The number of carbonyl (C=O) groups excluding carboxylic acids is 1. The van der Waals surface area contributed by atoms with Crippen molar-refractivity contribution in [2.75, 3.05) is 13.1 Å². The highest BCUT2D eigenvalue weighted by Gasteiger charge is 2.41. The molecule has 0 unspecified atom stereocenters. The third kappa shape index (κ3) is 3.17. The van der Waals surface area contributed by atoms with Gasteiger partial charge in [-0.05, 0) is 35.4 Å². The number of likely N-dealkylation sites (tertiary alicyclic amines) is 1. The summed E-state index contributed by atoms with van der Waals surface area (Å²) in [6.45, 7) is 3.13. The summed E-state index contributed by atoms with van der Waals surface area (Å²) in [7, 11) is 0. The van der Waals surface area contributed by atoms with Gasteiger partial charge in [0, 0.05) is 44.5 Å². The number of rotatable bonds is 1. The quantitative estimate of drug-likeness (QED) is 0.776. The Morgan fingerprint density at radius 1 is 1.04 bits per heavy atom. The van der Waals surface area contributed by atoms with Crippen LogP contribution in [0.1, 0.15) is 25.3 Å². The molecule has 1 saturated heterocycles. The maximum atomic E-state index is 13.5. The first-order valence-electron chi connectivity index (χ1n) is 8.62. The van der Waals surface area contributed by atoms with Crippen molar-refractivity contribution in [1.82, 2.24) is 4.90 Å². The van der Waals surface area contributed by atoms with E-state index in [-0.39, 0.29) is 5.91 Å². The number of piperidine rings is 1. The van der Waals surface area contributed by atoms with Gasteiger partial charge < -0.3 is 14.4 Å². The van der Waals surface area contributed by atoms with Crippen LogP contribution in [0.15, 0.2) is 36.4 Å². The van der Waals surface area contributed by atoms with Gasteiger partial charge in [-0.2, -0.15) is 0 Å². The third-order valence-corrected chi connectivity index (χ3v) is 5.01. The fourth-order valence-corrected chi connectivity index (χ4v) is 3.54. The smallest absolute Gasteiger partial charge is 0.219 e.